The van der Waals surface area contributed by atoms with Crippen LogP contribution >= 0.6 is 47.0 Å². The van der Waals surface area contributed by atoms with Gasteiger partial charge in [0.25, 0.3) is 5.69 Å². The van der Waals surface area contributed by atoms with Crippen molar-refractivity contribution in [2.24, 2.45) is 5.10 Å². The number of nitro groups is 1. The molecule has 492 valence electrons. The number of rotatable bonds is 10. The van der Waals surface area contributed by atoms with Gasteiger partial charge < -0.3 is 19.6 Å². The molecule has 11 nitrogen and oxygen atoms in total. The van der Waals surface area contributed by atoms with Crippen LogP contribution in [0.2, 0.25) is 0 Å². The van der Waals surface area contributed by atoms with Gasteiger partial charge in [-0.1, -0.05) is 193 Å². The Morgan fingerprint density at radius 1 is 0.444 bits per heavy atom. The zero-order valence-corrected chi connectivity index (χ0v) is 57.1. The standard InChI is InChI=1S/C25H19N.C24H18N6O2S2.C18H20N2S.C14H9F3S/c1-2-8-19(9-3-1)20-14-16-23(17-15-20)26-24-12-6-4-10-21(24)18-22-11-5-7-13-25(22)26;31-30(32)17-11-9-16(10-12-17)18-15-33-24-26-25-23(29(24)27-18)13-14-28-19-5-1-3-7-21(19)34-22-8-4-2-6-20(22)28;1-3-9-17-15(7-1)20(14-13-19-11-5-6-12-19)16-8-2-4-10-18(16)21-17;15-14(16,17)11-5-6-13-10(8-11)7-9-3-1-2-4-12(9)18-13/h1-17H,18H2;1-12H,13-15H2;1-4,7-10H,5-6,11-14H2;1-6,8H,7H2. The quantitative estimate of drug-likeness (QED) is 0.0963. The fourth-order valence-electron chi connectivity index (χ4n) is 13.2. The topological polar surface area (TPSA) is 99.2 Å². The van der Waals surface area contributed by atoms with Crippen molar-refractivity contribution < 1.29 is 18.1 Å². The summed E-state index contributed by atoms with van der Waals surface area (Å²) >= 11 is 6.78. The monoisotopic (exact) mass is 1380 g/mol. The molecule has 0 N–H and O–H groups in total. The first kappa shape index (κ1) is 65.1. The lowest BCUT2D eigenvalue weighted by atomic mass is 9.95. The SMILES string of the molecule is FC(F)(F)c1ccc2c(c1)Cc1ccccc1S2.O=[N+]([O-])c1ccc(C2=Nn3c(CCN4c5ccccc5Sc5ccccc54)nnc3SC2)cc1.c1ccc(-c2ccc(N3c4ccccc4Cc4ccccc43)cc2)cc1.c1ccc2c(c1)Sc1ccccc1N2CCN1CCCC1. The van der Waals surface area contributed by atoms with Gasteiger partial charge in [0.15, 0.2) is 5.82 Å². The first-order chi connectivity index (χ1) is 48.5. The Hall–Kier alpha value is -9.82. The number of benzene rings is 11. The van der Waals surface area contributed by atoms with E-state index in [1.807, 2.05) is 36.0 Å². The number of nitro benzene ring substituents is 1. The number of fused-ring (bicyclic) bond motifs is 9. The first-order valence-electron chi connectivity index (χ1n) is 33.0. The molecule has 0 saturated carbocycles. The van der Waals surface area contributed by atoms with Crippen molar-refractivity contribution in [1.82, 2.24) is 19.8 Å². The van der Waals surface area contributed by atoms with Crippen LogP contribution in [0, 0.1) is 10.1 Å². The summed E-state index contributed by atoms with van der Waals surface area (Å²) in [6.07, 6.45) is 0.689. The number of likely N-dealkylation sites (tertiary alicyclic amines) is 1. The molecular weight excluding hydrogens is 1320 g/mol. The van der Waals surface area contributed by atoms with Gasteiger partial charge in [-0.15, -0.1) is 10.2 Å². The normalized spacial score (nSPS) is 14.4. The summed E-state index contributed by atoms with van der Waals surface area (Å²) in [5, 5.41) is 25.3. The van der Waals surface area contributed by atoms with Crippen molar-refractivity contribution >= 4 is 98.3 Å². The molecule has 0 unspecified atom stereocenters. The van der Waals surface area contributed by atoms with Crippen LogP contribution in [-0.4, -0.2) is 68.9 Å². The van der Waals surface area contributed by atoms with Gasteiger partial charge >= 0.3 is 6.18 Å². The number of para-hydroxylation sites is 6. The molecule has 1 saturated heterocycles. The molecule has 1 aromatic heterocycles. The lowest BCUT2D eigenvalue weighted by Crippen LogP contribution is -2.32. The smallest absolute Gasteiger partial charge is 0.339 e. The third-order valence-corrected chi connectivity index (χ3v) is 22.6. The summed E-state index contributed by atoms with van der Waals surface area (Å²) in [6.45, 7) is 5.51. The number of anilines is 7. The van der Waals surface area contributed by atoms with Gasteiger partial charge in [0.05, 0.1) is 38.9 Å². The summed E-state index contributed by atoms with van der Waals surface area (Å²) in [6, 6.07) is 89.5. The van der Waals surface area contributed by atoms with E-state index in [0.717, 1.165) is 75.3 Å². The van der Waals surface area contributed by atoms with Crippen LogP contribution in [0.15, 0.2) is 307 Å². The van der Waals surface area contributed by atoms with Crippen LogP contribution in [0.1, 0.15) is 52.0 Å². The Bertz CT molecular complexity index is 4800. The number of halogens is 3. The van der Waals surface area contributed by atoms with E-state index in [4.69, 9.17) is 5.10 Å². The summed E-state index contributed by atoms with van der Waals surface area (Å²) in [5.74, 6) is 1.43. The zero-order valence-electron chi connectivity index (χ0n) is 53.8. The minimum Gasteiger partial charge on any atom is -0.339 e. The highest BCUT2D eigenvalue weighted by Gasteiger charge is 2.33. The van der Waals surface area contributed by atoms with E-state index in [9.17, 15) is 23.3 Å². The third kappa shape index (κ3) is 14.4. The highest BCUT2D eigenvalue weighted by molar-refractivity contribution is 8.00. The lowest BCUT2D eigenvalue weighted by Gasteiger charge is -2.33. The van der Waals surface area contributed by atoms with Crippen LogP contribution in [0.3, 0.4) is 0 Å². The van der Waals surface area contributed by atoms with Gasteiger partial charge in [-0.25, -0.2) is 0 Å². The first-order valence-corrected chi connectivity index (χ1v) is 36.4. The Morgan fingerprint density at radius 3 is 1.47 bits per heavy atom. The van der Waals surface area contributed by atoms with Crippen molar-refractivity contribution in [3.8, 4) is 11.1 Å². The molecule has 0 spiro atoms. The van der Waals surface area contributed by atoms with Gasteiger partial charge in [-0.3, -0.25) is 10.1 Å². The second kappa shape index (κ2) is 29.3. The molecule has 0 aliphatic carbocycles. The predicted molar refractivity (Wildman–Crippen MR) is 397 cm³/mol. The molecule has 0 radical (unpaired) electrons. The maximum absolute atomic E-state index is 12.6. The Labute approximate surface area is 590 Å². The third-order valence-electron chi connectivity index (χ3n) is 18.1. The van der Waals surface area contributed by atoms with Crippen molar-refractivity contribution in [2.45, 2.75) is 72.8 Å². The number of aromatic nitrogens is 3. The summed E-state index contributed by atoms with van der Waals surface area (Å²) in [4.78, 5) is 27.6. The zero-order chi connectivity index (χ0) is 67.2. The molecule has 0 amide bonds. The molecule has 6 aliphatic heterocycles. The maximum atomic E-state index is 12.6. The van der Waals surface area contributed by atoms with E-state index in [2.05, 4.69) is 230 Å². The number of thioether (sulfide) groups is 1. The lowest BCUT2D eigenvalue weighted by molar-refractivity contribution is -0.384. The van der Waals surface area contributed by atoms with E-state index in [1.54, 1.807) is 46.4 Å². The summed E-state index contributed by atoms with van der Waals surface area (Å²) in [5.41, 5.74) is 17.1. The van der Waals surface area contributed by atoms with E-state index in [0.29, 0.717) is 18.6 Å². The van der Waals surface area contributed by atoms with Crippen molar-refractivity contribution in [1.29, 1.82) is 0 Å². The highest BCUT2D eigenvalue weighted by Crippen LogP contribution is 2.50. The molecule has 11 aromatic carbocycles. The number of hydrogen-bond donors (Lipinski definition) is 0. The van der Waals surface area contributed by atoms with Crippen LogP contribution in [0.25, 0.3) is 11.1 Å². The Morgan fingerprint density at radius 2 is 0.909 bits per heavy atom. The summed E-state index contributed by atoms with van der Waals surface area (Å²) < 4.78 is 39.7. The molecule has 0 atom stereocenters. The number of hydrogen-bond acceptors (Lipinski definition) is 13. The van der Waals surface area contributed by atoms with Crippen LogP contribution in [-0.2, 0) is 25.4 Å². The molecule has 1 fully saturated rings. The molecular formula is C81H66F3N9O2S4. The molecule has 6 aliphatic rings. The molecule has 7 heterocycles. The average Bonchev–Trinajstić information content (AvgIpc) is 1.22. The van der Waals surface area contributed by atoms with Crippen molar-refractivity contribution in [3.05, 3.63) is 316 Å². The fraction of sp³-hybridized carbons (Fsp3) is 0.148. The van der Waals surface area contributed by atoms with E-state index in [-0.39, 0.29) is 5.69 Å². The molecule has 99 heavy (non-hydrogen) atoms. The molecule has 12 aromatic rings. The Kier molecular flexibility index (Phi) is 19.3. The van der Waals surface area contributed by atoms with Crippen molar-refractivity contribution in [2.75, 3.05) is 53.2 Å². The van der Waals surface area contributed by atoms with E-state index < -0.39 is 16.7 Å². The fourth-order valence-corrected chi connectivity index (χ4v) is 17.3. The number of alkyl halides is 3. The second-order valence-corrected chi connectivity index (χ2v) is 28.6. The van der Waals surface area contributed by atoms with Gasteiger partial charge in [0, 0.05) is 96.8 Å². The minimum atomic E-state index is -4.27. The minimum absolute atomic E-state index is 0.0683. The Balaban J connectivity index is 0.000000111. The molecule has 18 rings (SSSR count). The largest absolute Gasteiger partial charge is 0.416 e. The number of non-ortho nitro benzene ring substituents is 1. The van der Waals surface area contributed by atoms with E-state index in [1.165, 1.54) is 138 Å². The number of nitrogens with zero attached hydrogens (tertiary/aromatic N) is 9. The van der Waals surface area contributed by atoms with Crippen LogP contribution < -0.4 is 14.7 Å². The molecule has 18 heteroatoms. The van der Waals surface area contributed by atoms with Gasteiger partial charge in [0.1, 0.15) is 0 Å². The summed E-state index contributed by atoms with van der Waals surface area (Å²) in [7, 11) is 0. The van der Waals surface area contributed by atoms with E-state index >= 15 is 0 Å². The maximum Gasteiger partial charge on any atom is 0.416 e. The average molecular weight is 1380 g/mol. The van der Waals surface area contributed by atoms with Gasteiger partial charge in [0.2, 0.25) is 5.16 Å². The van der Waals surface area contributed by atoms with Crippen molar-refractivity contribution in [3.63, 3.8) is 0 Å². The molecule has 0 bridgehead atoms. The van der Waals surface area contributed by atoms with Gasteiger partial charge in [-0.05, 0) is 180 Å². The van der Waals surface area contributed by atoms with Crippen LogP contribution in [0.4, 0.5) is 58.7 Å². The van der Waals surface area contributed by atoms with Gasteiger partial charge in [-0.2, -0.15) is 22.9 Å². The van der Waals surface area contributed by atoms with Crippen LogP contribution in [0.5, 0.6) is 0 Å². The predicted octanol–water partition coefficient (Wildman–Crippen LogP) is 21.3. The highest BCUT2D eigenvalue weighted by atomic mass is 32.2. The second-order valence-electron chi connectivity index (χ2n) is 24.4.